The molecule has 0 aromatic heterocycles. The highest BCUT2D eigenvalue weighted by atomic mass is 16.3. The third kappa shape index (κ3) is 0.887. The molecule has 4 nitrogen and oxygen atoms in total. The van der Waals surface area contributed by atoms with Gasteiger partial charge in [0.2, 0.25) is 0 Å². The molecule has 0 aliphatic carbocycles. The van der Waals surface area contributed by atoms with Crippen LogP contribution in [0.5, 0.6) is 11.5 Å². The van der Waals surface area contributed by atoms with E-state index in [1.54, 1.807) is 0 Å². The number of phenols is 2. The molecule has 4 heteroatoms. The fourth-order valence-corrected chi connectivity index (χ4v) is 1.24. The molecular weight excluding hydrogens is 156 g/mol. The van der Waals surface area contributed by atoms with Gasteiger partial charge in [-0.25, -0.2) is 4.99 Å². The number of hydrogen-bond acceptors (Lipinski definition) is 4. The number of aromatic hydroxyl groups is 2. The van der Waals surface area contributed by atoms with Crippen LogP contribution in [0.3, 0.4) is 0 Å². The summed E-state index contributed by atoms with van der Waals surface area (Å²) in [4.78, 5) is 3.98. The van der Waals surface area contributed by atoms with E-state index in [0.29, 0.717) is 17.9 Å². The maximum absolute atomic E-state index is 9.13. The third-order valence-electron chi connectivity index (χ3n) is 1.81. The lowest BCUT2D eigenvalue weighted by Crippen LogP contribution is -2.09. The first-order chi connectivity index (χ1) is 5.66. The van der Waals surface area contributed by atoms with Crippen molar-refractivity contribution in [3.8, 4) is 11.5 Å². The van der Waals surface area contributed by atoms with E-state index in [9.17, 15) is 0 Å². The van der Waals surface area contributed by atoms with Crippen LogP contribution < -0.4 is 5.73 Å². The summed E-state index contributed by atoms with van der Waals surface area (Å²) in [6, 6.07) is 2.89. The number of amidine groups is 1. The predicted molar refractivity (Wildman–Crippen MR) is 44.8 cm³/mol. The van der Waals surface area contributed by atoms with E-state index in [4.69, 9.17) is 15.9 Å². The monoisotopic (exact) mass is 164 g/mol. The van der Waals surface area contributed by atoms with E-state index >= 15 is 0 Å². The van der Waals surface area contributed by atoms with Crippen LogP contribution in [0.15, 0.2) is 17.1 Å². The van der Waals surface area contributed by atoms with Crippen molar-refractivity contribution in [2.75, 3.05) is 0 Å². The number of phenolic OH excluding ortho intramolecular Hbond substituents is 2. The quantitative estimate of drug-likeness (QED) is 0.492. The Morgan fingerprint density at radius 3 is 2.67 bits per heavy atom. The van der Waals surface area contributed by atoms with Crippen molar-refractivity contribution < 1.29 is 10.2 Å². The minimum Gasteiger partial charge on any atom is -0.504 e. The lowest BCUT2D eigenvalue weighted by molar-refractivity contribution is 0.403. The van der Waals surface area contributed by atoms with Gasteiger partial charge in [-0.05, 0) is 11.6 Å². The Hall–Kier alpha value is -1.71. The molecule has 62 valence electrons. The molecule has 1 aromatic carbocycles. The summed E-state index contributed by atoms with van der Waals surface area (Å²) in [6.07, 6.45) is 0.545. The summed E-state index contributed by atoms with van der Waals surface area (Å²) in [5, 5.41) is 18.2. The normalized spacial score (nSPS) is 14.2. The zero-order valence-corrected chi connectivity index (χ0v) is 6.28. The minimum atomic E-state index is -0.160. The van der Waals surface area contributed by atoms with Gasteiger partial charge < -0.3 is 15.9 Å². The number of nitrogens with two attached hydrogens (primary N) is 1. The summed E-state index contributed by atoms with van der Waals surface area (Å²) in [5.41, 5.74) is 6.96. The molecule has 0 saturated carbocycles. The van der Waals surface area contributed by atoms with E-state index in [2.05, 4.69) is 4.99 Å². The zero-order chi connectivity index (χ0) is 8.72. The van der Waals surface area contributed by atoms with Crippen LogP contribution >= 0.6 is 0 Å². The van der Waals surface area contributed by atoms with Gasteiger partial charge in [-0.2, -0.15) is 0 Å². The van der Waals surface area contributed by atoms with Gasteiger partial charge in [-0.3, -0.25) is 0 Å². The number of benzene rings is 1. The Labute approximate surface area is 69.0 Å². The Morgan fingerprint density at radius 2 is 1.92 bits per heavy atom. The second-order valence-electron chi connectivity index (χ2n) is 2.75. The smallest absolute Gasteiger partial charge is 0.159 e. The SMILES string of the molecule is NC1=Nc2cc(O)c(O)cc2C1. The summed E-state index contributed by atoms with van der Waals surface area (Å²) in [5.74, 6) is 0.223. The Morgan fingerprint density at radius 1 is 1.25 bits per heavy atom. The molecule has 0 amide bonds. The molecular formula is C8H8N2O2. The van der Waals surface area contributed by atoms with Gasteiger partial charge in [-0.15, -0.1) is 0 Å². The van der Waals surface area contributed by atoms with Gasteiger partial charge in [0.25, 0.3) is 0 Å². The van der Waals surface area contributed by atoms with Gasteiger partial charge >= 0.3 is 0 Å². The Kier molecular flexibility index (Phi) is 1.24. The number of aliphatic imine (C=N–C) groups is 1. The highest BCUT2D eigenvalue weighted by Crippen LogP contribution is 2.35. The van der Waals surface area contributed by atoms with Gasteiger partial charge in [0.15, 0.2) is 11.5 Å². The van der Waals surface area contributed by atoms with Crippen LogP contribution in [-0.2, 0) is 6.42 Å². The first-order valence-corrected chi connectivity index (χ1v) is 3.54. The molecule has 1 heterocycles. The average molecular weight is 164 g/mol. The van der Waals surface area contributed by atoms with Crippen molar-refractivity contribution in [3.63, 3.8) is 0 Å². The van der Waals surface area contributed by atoms with E-state index in [1.165, 1.54) is 12.1 Å². The van der Waals surface area contributed by atoms with Crippen LogP contribution in [0.25, 0.3) is 0 Å². The number of nitrogens with zero attached hydrogens (tertiary/aromatic N) is 1. The second-order valence-corrected chi connectivity index (χ2v) is 2.75. The summed E-state index contributed by atoms with van der Waals surface area (Å²) in [6.45, 7) is 0. The lowest BCUT2D eigenvalue weighted by atomic mass is 10.1. The van der Waals surface area contributed by atoms with Gasteiger partial charge in [0, 0.05) is 12.5 Å². The average Bonchev–Trinajstić information content (AvgIpc) is 2.30. The first-order valence-electron chi connectivity index (χ1n) is 3.54. The fourth-order valence-electron chi connectivity index (χ4n) is 1.24. The van der Waals surface area contributed by atoms with Crippen LogP contribution in [0, 0.1) is 0 Å². The van der Waals surface area contributed by atoms with Crippen molar-refractivity contribution in [1.82, 2.24) is 0 Å². The molecule has 0 spiro atoms. The number of hydrogen-bond donors (Lipinski definition) is 3. The maximum atomic E-state index is 9.13. The summed E-state index contributed by atoms with van der Waals surface area (Å²) < 4.78 is 0. The molecule has 0 bridgehead atoms. The standard InChI is InChI=1S/C8H8N2O2/c9-8-2-4-1-6(11)7(12)3-5(4)10-8/h1,3,11-12H,2H2,(H2,9,10). The molecule has 2 rings (SSSR count). The fraction of sp³-hybridized carbons (Fsp3) is 0.125. The topological polar surface area (TPSA) is 78.8 Å². The highest BCUT2D eigenvalue weighted by molar-refractivity contribution is 5.91. The molecule has 1 aliphatic heterocycles. The largest absolute Gasteiger partial charge is 0.504 e. The van der Waals surface area contributed by atoms with Crippen molar-refractivity contribution in [1.29, 1.82) is 0 Å². The Balaban J connectivity index is 2.57. The zero-order valence-electron chi connectivity index (χ0n) is 6.28. The molecule has 0 atom stereocenters. The van der Waals surface area contributed by atoms with Crippen molar-refractivity contribution in [3.05, 3.63) is 17.7 Å². The Bertz CT molecular complexity index is 372. The minimum absolute atomic E-state index is 0.126. The van der Waals surface area contributed by atoms with Crippen molar-refractivity contribution in [2.24, 2.45) is 10.7 Å². The van der Waals surface area contributed by atoms with E-state index in [0.717, 1.165) is 5.56 Å². The first kappa shape index (κ1) is 6.97. The molecule has 0 fully saturated rings. The van der Waals surface area contributed by atoms with Crippen molar-refractivity contribution in [2.45, 2.75) is 6.42 Å². The van der Waals surface area contributed by atoms with E-state index < -0.39 is 0 Å². The second kappa shape index (κ2) is 2.14. The number of fused-ring (bicyclic) bond motifs is 1. The molecule has 0 radical (unpaired) electrons. The predicted octanol–water partition coefficient (Wildman–Crippen LogP) is 0.643. The van der Waals surface area contributed by atoms with Crippen LogP contribution in [-0.4, -0.2) is 16.0 Å². The van der Waals surface area contributed by atoms with Crippen molar-refractivity contribution >= 4 is 11.5 Å². The van der Waals surface area contributed by atoms with E-state index in [1.807, 2.05) is 0 Å². The van der Waals surface area contributed by atoms with Crippen LogP contribution in [0.4, 0.5) is 5.69 Å². The summed E-state index contributed by atoms with van der Waals surface area (Å²) >= 11 is 0. The van der Waals surface area contributed by atoms with E-state index in [-0.39, 0.29) is 11.5 Å². The molecule has 12 heavy (non-hydrogen) atoms. The number of rotatable bonds is 0. The summed E-state index contributed by atoms with van der Waals surface area (Å²) in [7, 11) is 0. The van der Waals surface area contributed by atoms with Gasteiger partial charge in [0.05, 0.1) is 5.69 Å². The molecule has 1 aliphatic rings. The van der Waals surface area contributed by atoms with Crippen LogP contribution in [0.2, 0.25) is 0 Å². The molecule has 4 N–H and O–H groups in total. The molecule has 1 aromatic rings. The van der Waals surface area contributed by atoms with Crippen LogP contribution in [0.1, 0.15) is 5.56 Å². The van der Waals surface area contributed by atoms with Gasteiger partial charge in [-0.1, -0.05) is 0 Å². The highest BCUT2D eigenvalue weighted by Gasteiger charge is 2.14. The van der Waals surface area contributed by atoms with Gasteiger partial charge in [0.1, 0.15) is 5.84 Å². The third-order valence-corrected chi connectivity index (χ3v) is 1.81. The lowest BCUT2D eigenvalue weighted by Gasteiger charge is -1.99. The molecule has 0 saturated heterocycles. The maximum Gasteiger partial charge on any atom is 0.159 e. The molecule has 0 unspecified atom stereocenters.